The van der Waals surface area contributed by atoms with Crippen molar-refractivity contribution in [2.24, 2.45) is 0 Å². The summed E-state index contributed by atoms with van der Waals surface area (Å²) in [6.45, 7) is 4.21. The van der Waals surface area contributed by atoms with Crippen molar-refractivity contribution >= 4 is 33.3 Å². The van der Waals surface area contributed by atoms with E-state index in [9.17, 15) is 14.0 Å². The summed E-state index contributed by atoms with van der Waals surface area (Å²) in [5.41, 5.74) is 0.109. The molecule has 0 fully saturated rings. The van der Waals surface area contributed by atoms with Gasteiger partial charge in [-0.3, -0.25) is 14.5 Å². The average Bonchev–Trinajstić information content (AvgIpc) is 3.37. The summed E-state index contributed by atoms with van der Waals surface area (Å²) in [4.78, 5) is 28.3. The highest BCUT2D eigenvalue weighted by Gasteiger charge is 2.46. The van der Waals surface area contributed by atoms with Crippen LogP contribution < -0.4 is 15.1 Å². The van der Waals surface area contributed by atoms with Gasteiger partial charge in [0.2, 0.25) is 10.9 Å². The summed E-state index contributed by atoms with van der Waals surface area (Å²) in [5.74, 6) is -0.701. The SMILES string of the molecule is CCOc1ccc2c(=O)c3c(oc2c1)C(=O)N(c1nnc(CC)s1)C3c1ccccc1F. The standard InChI is InChI=1S/C23H18FN3O4S/c1-3-17-25-26-23(32-17)27-19(13-7-5-6-8-15(13)24)18-20(28)14-10-9-12(30-4-2)11-16(14)31-21(18)22(27)29/h5-11,19H,3-4H2,1-2H3. The van der Waals surface area contributed by atoms with Gasteiger partial charge in [0.05, 0.1) is 17.6 Å². The largest absolute Gasteiger partial charge is 0.494 e. The van der Waals surface area contributed by atoms with Crippen molar-refractivity contribution in [3.63, 3.8) is 0 Å². The fourth-order valence-corrected chi connectivity index (χ4v) is 4.69. The lowest BCUT2D eigenvalue weighted by atomic mass is 9.98. The van der Waals surface area contributed by atoms with Crippen LogP contribution in [-0.4, -0.2) is 22.7 Å². The lowest BCUT2D eigenvalue weighted by Gasteiger charge is -2.22. The molecule has 3 heterocycles. The van der Waals surface area contributed by atoms with Crippen LogP contribution in [0.5, 0.6) is 5.75 Å². The van der Waals surface area contributed by atoms with E-state index in [2.05, 4.69) is 10.2 Å². The maximum absolute atomic E-state index is 14.9. The Morgan fingerprint density at radius 3 is 2.69 bits per heavy atom. The zero-order chi connectivity index (χ0) is 22.4. The van der Waals surface area contributed by atoms with E-state index >= 15 is 0 Å². The minimum Gasteiger partial charge on any atom is -0.494 e. The summed E-state index contributed by atoms with van der Waals surface area (Å²) >= 11 is 1.22. The first kappa shape index (κ1) is 20.3. The smallest absolute Gasteiger partial charge is 0.297 e. The molecule has 9 heteroatoms. The number of amides is 1. The van der Waals surface area contributed by atoms with Gasteiger partial charge in [0.1, 0.15) is 28.2 Å². The number of anilines is 1. The molecule has 1 atom stereocenters. The van der Waals surface area contributed by atoms with Crippen LogP contribution in [0.2, 0.25) is 0 Å². The van der Waals surface area contributed by atoms with Gasteiger partial charge >= 0.3 is 0 Å². The molecule has 0 bridgehead atoms. The zero-order valence-electron chi connectivity index (χ0n) is 17.3. The second kappa shape index (κ2) is 7.83. The first-order chi connectivity index (χ1) is 15.5. The van der Waals surface area contributed by atoms with E-state index in [0.29, 0.717) is 18.8 Å². The third kappa shape index (κ3) is 3.08. The maximum Gasteiger partial charge on any atom is 0.297 e. The molecule has 0 saturated carbocycles. The molecule has 0 N–H and O–H groups in total. The average molecular weight is 451 g/mol. The molecule has 0 saturated heterocycles. The van der Waals surface area contributed by atoms with E-state index in [1.54, 1.807) is 36.4 Å². The van der Waals surface area contributed by atoms with Crippen molar-refractivity contribution in [3.8, 4) is 5.75 Å². The van der Waals surface area contributed by atoms with Gasteiger partial charge < -0.3 is 9.15 Å². The third-order valence-electron chi connectivity index (χ3n) is 5.32. The molecule has 2 aromatic heterocycles. The van der Waals surface area contributed by atoms with Crippen LogP contribution in [0.1, 0.15) is 46.6 Å². The zero-order valence-corrected chi connectivity index (χ0v) is 18.1. The van der Waals surface area contributed by atoms with Gasteiger partial charge in [-0.2, -0.15) is 0 Å². The Labute approximate surface area is 186 Å². The highest BCUT2D eigenvalue weighted by Crippen LogP contribution is 2.43. The lowest BCUT2D eigenvalue weighted by Crippen LogP contribution is -2.30. The van der Waals surface area contributed by atoms with E-state index in [1.165, 1.54) is 22.3 Å². The van der Waals surface area contributed by atoms with Crippen molar-refractivity contribution in [2.75, 3.05) is 11.5 Å². The first-order valence-electron chi connectivity index (χ1n) is 10.2. The summed E-state index contributed by atoms with van der Waals surface area (Å²) < 4.78 is 26.3. The number of hydrogen-bond donors (Lipinski definition) is 0. The van der Waals surface area contributed by atoms with E-state index in [1.807, 2.05) is 13.8 Å². The molecule has 4 aromatic rings. The van der Waals surface area contributed by atoms with Crippen molar-refractivity contribution < 1.29 is 18.3 Å². The fraction of sp³-hybridized carbons (Fsp3) is 0.217. The second-order valence-electron chi connectivity index (χ2n) is 7.20. The molecule has 32 heavy (non-hydrogen) atoms. The molecule has 0 aliphatic carbocycles. The van der Waals surface area contributed by atoms with Gasteiger partial charge in [-0.25, -0.2) is 4.39 Å². The highest BCUT2D eigenvalue weighted by molar-refractivity contribution is 7.15. The number of fused-ring (bicyclic) bond motifs is 2. The second-order valence-corrected chi connectivity index (χ2v) is 8.24. The molecular formula is C23H18FN3O4S. The Balaban J connectivity index is 1.78. The Morgan fingerprint density at radius 1 is 1.16 bits per heavy atom. The molecule has 0 radical (unpaired) electrons. The van der Waals surface area contributed by atoms with Crippen LogP contribution in [0, 0.1) is 5.82 Å². The fourth-order valence-electron chi connectivity index (χ4n) is 3.88. The molecule has 1 aliphatic heterocycles. The van der Waals surface area contributed by atoms with Gasteiger partial charge in [0.25, 0.3) is 5.91 Å². The predicted molar refractivity (Wildman–Crippen MR) is 118 cm³/mol. The normalized spacial score (nSPS) is 15.4. The summed E-state index contributed by atoms with van der Waals surface area (Å²) in [7, 11) is 0. The van der Waals surface area contributed by atoms with Crippen LogP contribution >= 0.6 is 11.3 Å². The van der Waals surface area contributed by atoms with Crippen LogP contribution in [0.25, 0.3) is 11.0 Å². The number of ether oxygens (including phenoxy) is 1. The number of aromatic nitrogens is 2. The van der Waals surface area contributed by atoms with Crippen LogP contribution in [0.3, 0.4) is 0 Å². The number of benzene rings is 2. The van der Waals surface area contributed by atoms with E-state index in [4.69, 9.17) is 9.15 Å². The van der Waals surface area contributed by atoms with E-state index in [0.717, 1.165) is 5.01 Å². The predicted octanol–water partition coefficient (Wildman–Crippen LogP) is 4.49. The Kier molecular flexibility index (Phi) is 4.97. The molecular weight excluding hydrogens is 433 g/mol. The van der Waals surface area contributed by atoms with Crippen molar-refractivity contribution in [3.05, 3.63) is 80.4 Å². The number of rotatable bonds is 5. The highest BCUT2D eigenvalue weighted by atomic mass is 32.1. The maximum atomic E-state index is 14.9. The number of carbonyl (C=O) groups is 1. The van der Waals surface area contributed by atoms with Crippen LogP contribution in [0.15, 0.2) is 51.7 Å². The van der Waals surface area contributed by atoms with Crippen molar-refractivity contribution in [1.82, 2.24) is 10.2 Å². The van der Waals surface area contributed by atoms with Crippen molar-refractivity contribution in [1.29, 1.82) is 0 Å². The number of carbonyl (C=O) groups excluding carboxylic acids is 1. The van der Waals surface area contributed by atoms with Crippen LogP contribution in [0.4, 0.5) is 9.52 Å². The first-order valence-corrected chi connectivity index (χ1v) is 11.0. The summed E-state index contributed by atoms with van der Waals surface area (Å²) in [6.07, 6.45) is 0.637. The molecule has 162 valence electrons. The Hall–Kier alpha value is -3.59. The number of halogens is 1. The molecule has 0 spiro atoms. The van der Waals surface area contributed by atoms with Crippen molar-refractivity contribution in [2.45, 2.75) is 26.3 Å². The number of nitrogens with zero attached hydrogens (tertiary/aromatic N) is 3. The molecule has 7 nitrogen and oxygen atoms in total. The van der Waals surface area contributed by atoms with Crippen LogP contribution in [-0.2, 0) is 6.42 Å². The van der Waals surface area contributed by atoms with E-state index in [-0.39, 0.29) is 33.0 Å². The molecule has 1 unspecified atom stereocenters. The molecule has 1 amide bonds. The van der Waals surface area contributed by atoms with Gasteiger partial charge in [-0.1, -0.05) is 36.5 Å². The number of aryl methyl sites for hydroxylation is 1. The van der Waals surface area contributed by atoms with Gasteiger partial charge in [-0.15, -0.1) is 10.2 Å². The van der Waals surface area contributed by atoms with Gasteiger partial charge in [0, 0.05) is 11.6 Å². The molecule has 5 rings (SSSR count). The monoisotopic (exact) mass is 451 g/mol. The summed E-state index contributed by atoms with van der Waals surface area (Å²) in [6, 6.07) is 9.90. The third-order valence-corrected chi connectivity index (χ3v) is 6.39. The quantitative estimate of drug-likeness (QED) is 0.444. The van der Waals surface area contributed by atoms with E-state index < -0.39 is 23.2 Å². The number of hydrogen-bond acceptors (Lipinski definition) is 7. The molecule has 1 aliphatic rings. The topological polar surface area (TPSA) is 85.5 Å². The minimum atomic E-state index is -1.01. The lowest BCUT2D eigenvalue weighted by molar-refractivity contribution is 0.0970. The Morgan fingerprint density at radius 2 is 1.97 bits per heavy atom. The van der Waals surface area contributed by atoms with Gasteiger partial charge in [-0.05, 0) is 31.5 Å². The summed E-state index contributed by atoms with van der Waals surface area (Å²) in [5, 5.41) is 9.52. The minimum absolute atomic E-state index is 0.0880. The molecule has 2 aromatic carbocycles. The van der Waals surface area contributed by atoms with Gasteiger partial charge in [0.15, 0.2) is 5.43 Å². The Bertz CT molecular complexity index is 1410.